The molecular formula is C19H20N6O7S. The quantitative estimate of drug-likeness (QED) is 0.551. The van der Waals surface area contributed by atoms with Crippen LogP contribution in [0.15, 0.2) is 50.4 Å². The third-order valence-electron chi connectivity index (χ3n) is 4.81. The van der Waals surface area contributed by atoms with E-state index in [1.807, 2.05) is 0 Å². The van der Waals surface area contributed by atoms with E-state index in [1.54, 1.807) is 6.92 Å². The van der Waals surface area contributed by atoms with E-state index in [-0.39, 0.29) is 60.9 Å². The minimum atomic E-state index is -3.78. The highest BCUT2D eigenvalue weighted by Crippen LogP contribution is 2.21. The zero-order valence-corrected chi connectivity index (χ0v) is 18.3. The number of carbonyl (C=O) groups excluding carboxylic acids is 2. The molecule has 1 fully saturated rings. The van der Waals surface area contributed by atoms with E-state index in [4.69, 9.17) is 13.7 Å². The Morgan fingerprint density at radius 2 is 1.82 bits per heavy atom. The summed E-state index contributed by atoms with van der Waals surface area (Å²) in [5.74, 6) is -0.261. The van der Waals surface area contributed by atoms with E-state index < -0.39 is 22.0 Å². The molecule has 13 nitrogen and oxygen atoms in total. The maximum atomic E-state index is 12.9. The van der Waals surface area contributed by atoms with Gasteiger partial charge in [0.05, 0.1) is 17.7 Å². The first-order chi connectivity index (χ1) is 15.9. The van der Waals surface area contributed by atoms with Crippen molar-refractivity contribution in [2.75, 3.05) is 38.1 Å². The molecule has 1 N–H and O–H groups in total. The molecule has 1 aliphatic rings. The van der Waals surface area contributed by atoms with Crippen molar-refractivity contribution in [2.24, 2.45) is 0 Å². The predicted octanol–water partition coefficient (Wildman–Crippen LogP) is 1.44. The van der Waals surface area contributed by atoms with Gasteiger partial charge in [0.2, 0.25) is 15.8 Å². The number of nitrogens with zero attached hydrogens (tertiary/aromatic N) is 5. The molecule has 0 radical (unpaired) electrons. The Labute approximate surface area is 188 Å². The van der Waals surface area contributed by atoms with Gasteiger partial charge in [-0.3, -0.25) is 10.1 Å². The Hall–Kier alpha value is -3.78. The predicted molar refractivity (Wildman–Crippen MR) is 112 cm³/mol. The largest absolute Gasteiger partial charge is 0.450 e. The molecule has 3 aromatic rings. The molecule has 33 heavy (non-hydrogen) atoms. The number of hydrogen-bond acceptors (Lipinski definition) is 10. The summed E-state index contributed by atoms with van der Waals surface area (Å²) in [6, 6.07) is 6.82. The molecule has 174 valence electrons. The number of anilines is 1. The van der Waals surface area contributed by atoms with Gasteiger partial charge in [-0.25, -0.2) is 13.2 Å². The number of sulfonamides is 1. The number of amides is 2. The van der Waals surface area contributed by atoms with E-state index in [1.165, 1.54) is 45.7 Å². The van der Waals surface area contributed by atoms with Crippen molar-refractivity contribution in [3.63, 3.8) is 0 Å². The molecule has 1 saturated heterocycles. The van der Waals surface area contributed by atoms with Crippen molar-refractivity contribution in [1.29, 1.82) is 0 Å². The minimum absolute atomic E-state index is 0.0361. The van der Waals surface area contributed by atoms with E-state index in [2.05, 4.69) is 20.7 Å². The number of piperazine rings is 1. The maximum absolute atomic E-state index is 12.9. The standard InChI is InChI=1S/C19H20N6O7S/c1-2-30-19(27)24-9-11-25(12-10-24)33(28,29)14-5-3-13(4-6-14)16(26)21-18-23-22-17(31-18)15-7-8-20-32-15/h3-8H,2,9-12H2,1H3,(H,21,23,26). The zero-order valence-electron chi connectivity index (χ0n) is 17.5. The normalized spacial score (nSPS) is 14.8. The van der Waals surface area contributed by atoms with Crippen LogP contribution in [0.25, 0.3) is 11.7 Å². The first kappa shape index (κ1) is 22.4. The van der Waals surface area contributed by atoms with Gasteiger partial charge in [-0.15, -0.1) is 5.10 Å². The molecule has 4 rings (SSSR count). The van der Waals surface area contributed by atoms with Crippen molar-refractivity contribution >= 4 is 28.0 Å². The smallest absolute Gasteiger partial charge is 0.409 e. The lowest BCUT2D eigenvalue weighted by Crippen LogP contribution is -2.50. The molecule has 2 aromatic heterocycles. The molecule has 0 saturated carbocycles. The number of rotatable bonds is 6. The van der Waals surface area contributed by atoms with Crippen molar-refractivity contribution in [2.45, 2.75) is 11.8 Å². The molecular weight excluding hydrogens is 456 g/mol. The summed E-state index contributed by atoms with van der Waals surface area (Å²) < 4.78 is 42.3. The number of benzene rings is 1. The number of hydrogen-bond donors (Lipinski definition) is 1. The van der Waals surface area contributed by atoms with Crippen LogP contribution in [0.2, 0.25) is 0 Å². The van der Waals surface area contributed by atoms with Crippen molar-refractivity contribution in [1.82, 2.24) is 24.6 Å². The summed E-state index contributed by atoms with van der Waals surface area (Å²) in [6.45, 7) is 2.73. The third-order valence-corrected chi connectivity index (χ3v) is 6.73. The van der Waals surface area contributed by atoms with Crippen LogP contribution >= 0.6 is 0 Å². The lowest BCUT2D eigenvalue weighted by Gasteiger charge is -2.33. The van der Waals surface area contributed by atoms with Crippen LogP contribution in [0.4, 0.5) is 10.8 Å². The van der Waals surface area contributed by atoms with Gasteiger partial charge in [0.25, 0.3) is 11.8 Å². The van der Waals surface area contributed by atoms with Gasteiger partial charge in [0, 0.05) is 37.8 Å². The molecule has 14 heteroatoms. The second-order valence-electron chi connectivity index (χ2n) is 6.86. The summed E-state index contributed by atoms with van der Waals surface area (Å²) in [6.07, 6.45) is 0.951. The molecule has 0 aliphatic carbocycles. The molecule has 1 aliphatic heterocycles. The average Bonchev–Trinajstić information content (AvgIpc) is 3.51. The summed E-state index contributed by atoms with van der Waals surface area (Å²) in [4.78, 5) is 25.7. The average molecular weight is 476 g/mol. The van der Waals surface area contributed by atoms with E-state index >= 15 is 0 Å². The van der Waals surface area contributed by atoms with Crippen molar-refractivity contribution in [3.8, 4) is 11.7 Å². The Bertz CT molecular complexity index is 1220. The van der Waals surface area contributed by atoms with Gasteiger partial charge in [0.15, 0.2) is 0 Å². The Kier molecular flexibility index (Phi) is 6.37. The van der Waals surface area contributed by atoms with Crippen LogP contribution < -0.4 is 5.32 Å². The highest BCUT2D eigenvalue weighted by Gasteiger charge is 2.30. The molecule has 0 atom stereocenters. The number of aromatic nitrogens is 3. The van der Waals surface area contributed by atoms with Gasteiger partial charge < -0.3 is 18.6 Å². The summed E-state index contributed by atoms with van der Waals surface area (Å²) >= 11 is 0. The van der Waals surface area contributed by atoms with E-state index in [9.17, 15) is 18.0 Å². The Morgan fingerprint density at radius 3 is 2.45 bits per heavy atom. The fourth-order valence-electron chi connectivity index (χ4n) is 3.12. The molecule has 0 bridgehead atoms. The summed E-state index contributed by atoms with van der Waals surface area (Å²) in [5.41, 5.74) is 0.195. The van der Waals surface area contributed by atoms with Crippen LogP contribution in [-0.2, 0) is 14.8 Å². The topological polar surface area (TPSA) is 161 Å². The lowest BCUT2D eigenvalue weighted by molar-refractivity contribution is 0.0933. The van der Waals surface area contributed by atoms with Crippen LogP contribution in [0.3, 0.4) is 0 Å². The second-order valence-corrected chi connectivity index (χ2v) is 8.80. The lowest BCUT2D eigenvalue weighted by atomic mass is 10.2. The first-order valence-electron chi connectivity index (χ1n) is 9.96. The highest BCUT2D eigenvalue weighted by molar-refractivity contribution is 7.89. The van der Waals surface area contributed by atoms with E-state index in [0.717, 1.165) is 0 Å². The molecule has 2 amide bonds. The molecule has 1 aromatic carbocycles. The monoisotopic (exact) mass is 476 g/mol. The van der Waals surface area contributed by atoms with Gasteiger partial charge in [-0.1, -0.05) is 10.3 Å². The highest BCUT2D eigenvalue weighted by atomic mass is 32.2. The maximum Gasteiger partial charge on any atom is 0.409 e. The Morgan fingerprint density at radius 1 is 1.09 bits per heavy atom. The minimum Gasteiger partial charge on any atom is -0.450 e. The summed E-state index contributed by atoms with van der Waals surface area (Å²) in [7, 11) is -3.78. The van der Waals surface area contributed by atoms with Gasteiger partial charge in [0.1, 0.15) is 0 Å². The number of carbonyl (C=O) groups is 2. The van der Waals surface area contributed by atoms with Crippen LogP contribution in [-0.4, -0.2) is 77.8 Å². The van der Waals surface area contributed by atoms with Crippen LogP contribution in [0.5, 0.6) is 0 Å². The number of nitrogens with one attached hydrogen (secondary N) is 1. The number of ether oxygens (including phenoxy) is 1. The summed E-state index contributed by atoms with van der Waals surface area (Å²) in [5, 5.41) is 13.4. The SMILES string of the molecule is CCOC(=O)N1CCN(S(=O)(=O)c2ccc(C(=O)Nc3nnc(-c4ccno4)o3)cc2)CC1. The third kappa shape index (κ3) is 4.85. The van der Waals surface area contributed by atoms with Gasteiger partial charge in [-0.2, -0.15) is 4.31 Å². The fraction of sp³-hybridized carbons (Fsp3) is 0.316. The molecule has 3 heterocycles. The fourth-order valence-corrected chi connectivity index (χ4v) is 4.54. The van der Waals surface area contributed by atoms with Crippen molar-refractivity contribution in [3.05, 3.63) is 42.1 Å². The van der Waals surface area contributed by atoms with Crippen LogP contribution in [0, 0.1) is 0 Å². The van der Waals surface area contributed by atoms with E-state index in [0.29, 0.717) is 0 Å². The van der Waals surface area contributed by atoms with Crippen molar-refractivity contribution < 1.29 is 31.7 Å². The van der Waals surface area contributed by atoms with Gasteiger partial charge in [-0.05, 0) is 31.2 Å². The molecule has 0 unspecified atom stereocenters. The first-order valence-corrected chi connectivity index (χ1v) is 11.4. The Balaban J connectivity index is 1.38. The zero-order chi connectivity index (χ0) is 23.4. The van der Waals surface area contributed by atoms with Crippen LogP contribution in [0.1, 0.15) is 17.3 Å². The second kappa shape index (κ2) is 9.38. The van der Waals surface area contributed by atoms with Gasteiger partial charge >= 0.3 is 12.1 Å². The molecule has 0 spiro atoms.